The molecule has 1 aliphatic heterocycles. The van der Waals surface area contributed by atoms with E-state index >= 15 is 0 Å². The van der Waals surface area contributed by atoms with Crippen molar-refractivity contribution in [3.8, 4) is 0 Å². The predicted molar refractivity (Wildman–Crippen MR) is 62.1 cm³/mol. The van der Waals surface area contributed by atoms with E-state index in [-0.39, 0.29) is 6.61 Å². The quantitative estimate of drug-likeness (QED) is 0.837. The smallest absolute Gasteiger partial charge is 0.272 e. The molecule has 0 bridgehead atoms. The van der Waals surface area contributed by atoms with Gasteiger partial charge in [0.1, 0.15) is 12.0 Å². The number of aromatic nitrogens is 2. The summed E-state index contributed by atoms with van der Waals surface area (Å²) in [5.41, 5.74) is 1.12. The van der Waals surface area contributed by atoms with Gasteiger partial charge in [0.2, 0.25) is 0 Å². The van der Waals surface area contributed by atoms with Gasteiger partial charge in [0.05, 0.1) is 24.2 Å². The molecule has 1 aromatic heterocycles. The first-order valence-electron chi connectivity index (χ1n) is 6.12. The highest BCUT2D eigenvalue weighted by molar-refractivity contribution is 5.78. The van der Waals surface area contributed by atoms with Crippen LogP contribution in [0.15, 0.2) is 12.4 Å². The number of alkyl halides is 3. The van der Waals surface area contributed by atoms with Crippen LogP contribution in [-0.4, -0.2) is 33.7 Å². The molecule has 1 aliphatic rings. The number of amides is 1. The van der Waals surface area contributed by atoms with Gasteiger partial charge in [-0.2, -0.15) is 13.2 Å². The largest absolute Gasteiger partial charge is 0.400 e. The van der Waals surface area contributed by atoms with Crippen molar-refractivity contribution in [1.82, 2.24) is 15.0 Å². The molecule has 0 saturated carbocycles. The van der Waals surface area contributed by atoms with E-state index in [2.05, 4.69) is 9.97 Å². The summed E-state index contributed by atoms with van der Waals surface area (Å²) >= 11 is 0. The fourth-order valence-electron chi connectivity index (χ4n) is 1.86. The third kappa shape index (κ3) is 2.90. The maximum atomic E-state index is 12.6. The van der Waals surface area contributed by atoms with Crippen LogP contribution in [0.4, 0.5) is 13.2 Å². The van der Waals surface area contributed by atoms with Gasteiger partial charge in [0.25, 0.3) is 5.91 Å². The minimum absolute atomic E-state index is 0.177. The van der Waals surface area contributed by atoms with Crippen molar-refractivity contribution in [2.75, 3.05) is 6.61 Å². The lowest BCUT2D eigenvalue weighted by molar-refractivity contribution is -0.213. The van der Waals surface area contributed by atoms with Gasteiger partial charge in [-0.25, -0.2) is 5.06 Å². The van der Waals surface area contributed by atoms with Crippen molar-refractivity contribution in [2.45, 2.75) is 32.5 Å². The summed E-state index contributed by atoms with van der Waals surface area (Å²) in [6.07, 6.45) is -1.24. The number of hydrogen-bond donors (Lipinski definition) is 0. The van der Waals surface area contributed by atoms with E-state index in [0.29, 0.717) is 17.8 Å². The summed E-state index contributed by atoms with van der Waals surface area (Å²) in [5, 5.41) is 0.775. The number of rotatable bonds is 2. The molecule has 0 radical (unpaired) electrons. The Labute approximate surface area is 113 Å². The Morgan fingerprint density at radius 2 is 2.15 bits per heavy atom. The Kier molecular flexibility index (Phi) is 3.94. The van der Waals surface area contributed by atoms with Gasteiger partial charge in [-0.1, -0.05) is 0 Å². The molecule has 1 fully saturated rings. The Morgan fingerprint density at radius 3 is 2.70 bits per heavy atom. The second-order valence-corrected chi connectivity index (χ2v) is 4.65. The summed E-state index contributed by atoms with van der Waals surface area (Å²) in [7, 11) is 0. The topological polar surface area (TPSA) is 55.3 Å². The molecule has 0 N–H and O–H groups in total. The third-order valence-electron chi connectivity index (χ3n) is 3.13. The summed E-state index contributed by atoms with van der Waals surface area (Å²) < 4.78 is 37.8. The Hall–Kier alpha value is -1.70. The number of hydroxylamine groups is 2. The first-order valence-corrected chi connectivity index (χ1v) is 6.12. The number of carbonyl (C=O) groups is 1. The molecule has 8 heteroatoms. The Morgan fingerprint density at radius 1 is 1.45 bits per heavy atom. The van der Waals surface area contributed by atoms with Crippen LogP contribution in [0.25, 0.3) is 0 Å². The molecule has 2 atom stereocenters. The lowest BCUT2D eigenvalue weighted by atomic mass is 10.1. The molecule has 1 amide bonds. The van der Waals surface area contributed by atoms with E-state index in [1.807, 2.05) is 0 Å². The van der Waals surface area contributed by atoms with Gasteiger partial charge >= 0.3 is 6.18 Å². The predicted octanol–water partition coefficient (Wildman–Crippen LogP) is 2.19. The molecule has 5 nitrogen and oxygen atoms in total. The molecule has 0 aromatic carbocycles. The first-order chi connectivity index (χ1) is 9.30. The van der Waals surface area contributed by atoms with Crippen LogP contribution in [0.1, 0.15) is 30.8 Å². The molecule has 2 heterocycles. The zero-order chi connectivity index (χ0) is 14.9. The van der Waals surface area contributed by atoms with Crippen LogP contribution >= 0.6 is 0 Å². The van der Waals surface area contributed by atoms with E-state index < -0.39 is 24.0 Å². The molecule has 20 heavy (non-hydrogen) atoms. The number of aryl methyl sites for hydroxylation is 1. The monoisotopic (exact) mass is 289 g/mol. The van der Waals surface area contributed by atoms with Gasteiger partial charge in [0, 0.05) is 12.6 Å². The van der Waals surface area contributed by atoms with Crippen molar-refractivity contribution in [2.24, 2.45) is 5.92 Å². The van der Waals surface area contributed by atoms with Gasteiger partial charge in [-0.05, 0) is 13.8 Å². The van der Waals surface area contributed by atoms with Gasteiger partial charge in [-0.3, -0.25) is 19.6 Å². The summed E-state index contributed by atoms with van der Waals surface area (Å²) in [6.45, 7) is 2.75. The molecule has 110 valence electrons. The standard InChI is InChI=1S/C12H14F3N3O2/c1-7-5-17-9(6-16-7)10-3-4-20-18(10)11(19)8(2)12(13,14)15/h5-6,8,10H,3-4H2,1-2H3/t8?,10-/m0/s1. The molecule has 0 aliphatic carbocycles. The molecule has 0 spiro atoms. The van der Waals surface area contributed by atoms with Crippen LogP contribution in [0.2, 0.25) is 0 Å². The van der Waals surface area contributed by atoms with Crippen molar-refractivity contribution < 1.29 is 22.8 Å². The number of halogens is 3. The summed E-state index contributed by atoms with van der Waals surface area (Å²) in [6, 6.07) is -0.625. The van der Waals surface area contributed by atoms with E-state index in [1.165, 1.54) is 12.4 Å². The van der Waals surface area contributed by atoms with Crippen molar-refractivity contribution >= 4 is 5.91 Å². The Balaban J connectivity index is 2.19. The second kappa shape index (κ2) is 5.35. The fourth-order valence-corrected chi connectivity index (χ4v) is 1.86. The maximum absolute atomic E-state index is 12.6. The van der Waals surface area contributed by atoms with Crippen LogP contribution in [-0.2, 0) is 9.63 Å². The van der Waals surface area contributed by atoms with Crippen molar-refractivity contribution in [3.63, 3.8) is 0 Å². The SMILES string of the molecule is Cc1cnc([C@@H]2CCON2C(=O)C(C)C(F)(F)F)cn1. The van der Waals surface area contributed by atoms with E-state index in [1.54, 1.807) is 6.92 Å². The van der Waals surface area contributed by atoms with Crippen LogP contribution in [0.5, 0.6) is 0 Å². The lowest BCUT2D eigenvalue weighted by Gasteiger charge is -2.25. The number of hydrogen-bond acceptors (Lipinski definition) is 4. The highest BCUT2D eigenvalue weighted by atomic mass is 19.4. The molecule has 1 saturated heterocycles. The zero-order valence-electron chi connectivity index (χ0n) is 11.0. The first kappa shape index (κ1) is 14.7. The highest BCUT2D eigenvalue weighted by Crippen LogP contribution is 2.34. The minimum Gasteiger partial charge on any atom is -0.272 e. The van der Waals surface area contributed by atoms with Crippen molar-refractivity contribution in [3.05, 3.63) is 23.8 Å². The highest BCUT2D eigenvalue weighted by Gasteiger charge is 2.46. The van der Waals surface area contributed by atoms with Crippen molar-refractivity contribution in [1.29, 1.82) is 0 Å². The maximum Gasteiger partial charge on any atom is 0.400 e. The van der Waals surface area contributed by atoms with Gasteiger partial charge < -0.3 is 0 Å². The minimum atomic E-state index is -4.59. The van der Waals surface area contributed by atoms with Crippen LogP contribution < -0.4 is 0 Å². The normalized spacial score (nSPS) is 21.1. The lowest BCUT2D eigenvalue weighted by Crippen LogP contribution is -2.40. The summed E-state index contributed by atoms with van der Waals surface area (Å²) in [4.78, 5) is 25.0. The third-order valence-corrected chi connectivity index (χ3v) is 3.13. The summed E-state index contributed by atoms with van der Waals surface area (Å²) in [5.74, 6) is -3.22. The average molecular weight is 289 g/mol. The molecule has 1 aromatic rings. The zero-order valence-corrected chi connectivity index (χ0v) is 11.0. The van der Waals surface area contributed by atoms with Gasteiger partial charge in [-0.15, -0.1) is 0 Å². The van der Waals surface area contributed by atoms with Crippen LogP contribution in [0.3, 0.4) is 0 Å². The molecule has 2 rings (SSSR count). The Bertz CT molecular complexity index is 490. The fraction of sp³-hybridized carbons (Fsp3) is 0.583. The molecular formula is C12H14F3N3O2. The molecule has 1 unspecified atom stereocenters. The molecular weight excluding hydrogens is 275 g/mol. The van der Waals surface area contributed by atoms with Gasteiger partial charge in [0.15, 0.2) is 0 Å². The van der Waals surface area contributed by atoms with E-state index in [0.717, 1.165) is 12.0 Å². The van der Waals surface area contributed by atoms with Crippen LogP contribution in [0, 0.1) is 12.8 Å². The van der Waals surface area contributed by atoms with E-state index in [4.69, 9.17) is 4.84 Å². The number of nitrogens with zero attached hydrogens (tertiary/aromatic N) is 3. The number of carbonyl (C=O) groups excluding carboxylic acids is 1. The second-order valence-electron chi connectivity index (χ2n) is 4.65. The average Bonchev–Trinajstić information content (AvgIpc) is 2.86. The van der Waals surface area contributed by atoms with E-state index in [9.17, 15) is 18.0 Å².